The van der Waals surface area contributed by atoms with Crippen LogP contribution < -0.4 is 10.2 Å². The van der Waals surface area contributed by atoms with Gasteiger partial charge in [-0.25, -0.2) is 0 Å². The van der Waals surface area contributed by atoms with Gasteiger partial charge < -0.3 is 4.74 Å². The number of nitrogens with one attached hydrogen (secondary N) is 1. The predicted octanol–water partition coefficient (Wildman–Crippen LogP) is 5.15. The van der Waals surface area contributed by atoms with Crippen molar-refractivity contribution >= 4 is 33.6 Å². The summed E-state index contributed by atoms with van der Waals surface area (Å²) in [5.41, 5.74) is 7.06. The number of anilines is 1. The lowest BCUT2D eigenvalue weighted by Gasteiger charge is -2.09. The van der Waals surface area contributed by atoms with E-state index in [1.165, 1.54) is 0 Å². The standard InChI is InChI=1S/C22H19N3O/c1-15-13-21(19-9-5-6-10-20(19)24-15)25-23-14-16-11-12-22(26-2)18-8-4-3-7-17(16)18/h3-14H,1-2H3,(H,24,25). The summed E-state index contributed by atoms with van der Waals surface area (Å²) >= 11 is 0. The van der Waals surface area contributed by atoms with E-state index in [1.54, 1.807) is 7.11 Å². The third kappa shape index (κ3) is 2.97. The van der Waals surface area contributed by atoms with E-state index < -0.39 is 0 Å². The molecule has 4 heteroatoms. The van der Waals surface area contributed by atoms with Crippen molar-refractivity contribution in [2.24, 2.45) is 5.10 Å². The molecule has 1 aromatic heterocycles. The minimum atomic E-state index is 0.862. The van der Waals surface area contributed by atoms with Crippen LogP contribution in [-0.4, -0.2) is 18.3 Å². The molecule has 0 fully saturated rings. The van der Waals surface area contributed by atoms with Gasteiger partial charge in [0.1, 0.15) is 5.75 Å². The van der Waals surface area contributed by atoms with Crippen LogP contribution in [0.15, 0.2) is 71.8 Å². The van der Waals surface area contributed by atoms with Gasteiger partial charge in [0, 0.05) is 22.0 Å². The molecule has 1 heterocycles. The molecule has 128 valence electrons. The Morgan fingerprint density at radius 1 is 0.923 bits per heavy atom. The number of pyridine rings is 1. The maximum absolute atomic E-state index is 5.45. The Labute approximate surface area is 152 Å². The van der Waals surface area contributed by atoms with Crippen LogP contribution in [0.1, 0.15) is 11.3 Å². The minimum absolute atomic E-state index is 0.862. The summed E-state index contributed by atoms with van der Waals surface area (Å²) < 4.78 is 5.45. The van der Waals surface area contributed by atoms with Crippen molar-refractivity contribution in [3.05, 3.63) is 78.0 Å². The zero-order valence-electron chi connectivity index (χ0n) is 14.7. The number of para-hydroxylation sites is 1. The molecule has 3 aromatic carbocycles. The van der Waals surface area contributed by atoms with Crippen molar-refractivity contribution in [3.8, 4) is 5.75 Å². The number of hydrazone groups is 1. The van der Waals surface area contributed by atoms with Crippen LogP contribution in [0.4, 0.5) is 5.69 Å². The number of aryl methyl sites for hydroxylation is 1. The predicted molar refractivity (Wildman–Crippen MR) is 108 cm³/mol. The molecule has 0 unspecified atom stereocenters. The second-order valence-corrected chi connectivity index (χ2v) is 6.10. The maximum Gasteiger partial charge on any atom is 0.126 e. The Hall–Kier alpha value is -3.40. The van der Waals surface area contributed by atoms with E-state index in [9.17, 15) is 0 Å². The number of nitrogens with zero attached hydrogens (tertiary/aromatic N) is 2. The first-order chi connectivity index (χ1) is 12.8. The van der Waals surface area contributed by atoms with Crippen molar-refractivity contribution < 1.29 is 4.74 Å². The molecule has 0 bridgehead atoms. The average Bonchev–Trinajstić information content (AvgIpc) is 2.68. The Morgan fingerprint density at radius 3 is 2.46 bits per heavy atom. The molecule has 0 aliphatic heterocycles. The quantitative estimate of drug-likeness (QED) is 0.412. The zero-order valence-corrected chi connectivity index (χ0v) is 14.7. The molecule has 0 saturated carbocycles. The molecule has 26 heavy (non-hydrogen) atoms. The highest BCUT2D eigenvalue weighted by atomic mass is 16.5. The smallest absolute Gasteiger partial charge is 0.126 e. The Bertz CT molecular complexity index is 1120. The number of hydrogen-bond donors (Lipinski definition) is 1. The lowest BCUT2D eigenvalue weighted by Crippen LogP contribution is -1.95. The molecule has 0 amide bonds. The summed E-state index contributed by atoms with van der Waals surface area (Å²) in [6.07, 6.45) is 1.84. The molecule has 0 aliphatic carbocycles. The Kier molecular flexibility index (Phi) is 4.23. The number of rotatable bonds is 4. The molecule has 0 radical (unpaired) electrons. The fourth-order valence-electron chi connectivity index (χ4n) is 3.16. The fraction of sp³-hybridized carbons (Fsp3) is 0.0909. The largest absolute Gasteiger partial charge is 0.496 e. The van der Waals surface area contributed by atoms with Gasteiger partial charge >= 0.3 is 0 Å². The molecule has 1 N–H and O–H groups in total. The van der Waals surface area contributed by atoms with Crippen molar-refractivity contribution in [1.29, 1.82) is 0 Å². The van der Waals surface area contributed by atoms with Crippen molar-refractivity contribution in [2.45, 2.75) is 6.92 Å². The summed E-state index contributed by atoms with van der Waals surface area (Å²) in [5, 5.41) is 7.69. The summed E-state index contributed by atoms with van der Waals surface area (Å²) in [6.45, 7) is 1.98. The van der Waals surface area contributed by atoms with E-state index in [1.807, 2.05) is 67.7 Å². The summed E-state index contributed by atoms with van der Waals surface area (Å²) in [5.74, 6) is 0.862. The van der Waals surface area contributed by atoms with Crippen LogP contribution in [0.2, 0.25) is 0 Å². The number of hydrogen-bond acceptors (Lipinski definition) is 4. The third-order valence-corrected chi connectivity index (χ3v) is 4.37. The Morgan fingerprint density at radius 2 is 1.65 bits per heavy atom. The molecule has 4 rings (SSSR count). The van der Waals surface area contributed by atoms with Gasteiger partial charge in [-0.3, -0.25) is 10.4 Å². The monoisotopic (exact) mass is 341 g/mol. The van der Waals surface area contributed by atoms with E-state index in [0.717, 1.165) is 44.4 Å². The Balaban J connectivity index is 1.69. The molecule has 0 spiro atoms. The lowest BCUT2D eigenvalue weighted by atomic mass is 10.0. The number of ether oxygens (including phenoxy) is 1. The van der Waals surface area contributed by atoms with Gasteiger partial charge in [-0.1, -0.05) is 42.5 Å². The summed E-state index contributed by atoms with van der Waals surface area (Å²) in [4.78, 5) is 4.56. The minimum Gasteiger partial charge on any atom is -0.496 e. The SMILES string of the molecule is COc1ccc(C=NNc2cc(C)nc3ccccc23)c2ccccc12. The lowest BCUT2D eigenvalue weighted by molar-refractivity contribution is 0.420. The van der Waals surface area contributed by atoms with Crippen molar-refractivity contribution in [1.82, 2.24) is 4.98 Å². The van der Waals surface area contributed by atoms with Crippen LogP contribution in [0.5, 0.6) is 5.75 Å². The van der Waals surface area contributed by atoms with E-state index in [0.29, 0.717) is 0 Å². The molecular formula is C22H19N3O. The molecule has 0 saturated heterocycles. The van der Waals surface area contributed by atoms with Gasteiger partial charge in [0.25, 0.3) is 0 Å². The van der Waals surface area contributed by atoms with E-state index in [4.69, 9.17) is 4.74 Å². The molecular weight excluding hydrogens is 322 g/mol. The fourth-order valence-corrected chi connectivity index (χ4v) is 3.16. The first kappa shape index (κ1) is 16.1. The van der Waals surface area contributed by atoms with Crippen molar-refractivity contribution in [2.75, 3.05) is 12.5 Å². The zero-order chi connectivity index (χ0) is 17.9. The topological polar surface area (TPSA) is 46.5 Å². The second-order valence-electron chi connectivity index (χ2n) is 6.10. The van der Waals surface area contributed by atoms with E-state index in [-0.39, 0.29) is 0 Å². The van der Waals surface area contributed by atoms with Crippen LogP contribution in [-0.2, 0) is 0 Å². The van der Waals surface area contributed by atoms with Crippen LogP contribution in [0.25, 0.3) is 21.7 Å². The van der Waals surface area contributed by atoms with Gasteiger partial charge in [0.05, 0.1) is 24.5 Å². The summed E-state index contributed by atoms with van der Waals surface area (Å²) in [6, 6.07) is 22.2. The number of methoxy groups -OCH3 is 1. The molecule has 0 aliphatic rings. The first-order valence-electron chi connectivity index (χ1n) is 8.47. The first-order valence-corrected chi connectivity index (χ1v) is 8.47. The molecule has 4 nitrogen and oxygen atoms in total. The summed E-state index contributed by atoms with van der Waals surface area (Å²) in [7, 11) is 1.69. The molecule has 4 aromatic rings. The van der Waals surface area contributed by atoms with Gasteiger partial charge in [0.2, 0.25) is 0 Å². The highest BCUT2D eigenvalue weighted by Gasteiger charge is 2.05. The van der Waals surface area contributed by atoms with Crippen LogP contribution in [0, 0.1) is 6.92 Å². The normalized spacial score (nSPS) is 11.3. The van der Waals surface area contributed by atoms with Crippen molar-refractivity contribution in [3.63, 3.8) is 0 Å². The highest BCUT2D eigenvalue weighted by Crippen LogP contribution is 2.28. The number of fused-ring (bicyclic) bond motifs is 2. The number of aromatic nitrogens is 1. The maximum atomic E-state index is 5.45. The van der Waals surface area contributed by atoms with Gasteiger partial charge in [-0.2, -0.15) is 5.10 Å². The van der Waals surface area contributed by atoms with Gasteiger partial charge in [0.15, 0.2) is 0 Å². The second kappa shape index (κ2) is 6.84. The average molecular weight is 341 g/mol. The van der Waals surface area contributed by atoms with Crippen LogP contribution >= 0.6 is 0 Å². The molecule has 0 atom stereocenters. The van der Waals surface area contributed by atoms with Gasteiger partial charge in [-0.05, 0) is 36.6 Å². The highest BCUT2D eigenvalue weighted by molar-refractivity contribution is 6.02. The third-order valence-electron chi connectivity index (χ3n) is 4.37. The van der Waals surface area contributed by atoms with E-state index >= 15 is 0 Å². The van der Waals surface area contributed by atoms with Gasteiger partial charge in [-0.15, -0.1) is 0 Å². The van der Waals surface area contributed by atoms with E-state index in [2.05, 4.69) is 27.6 Å². The van der Waals surface area contributed by atoms with Crippen LogP contribution in [0.3, 0.4) is 0 Å². The number of benzene rings is 3.